The van der Waals surface area contributed by atoms with Crippen LogP contribution in [0, 0.1) is 0 Å². The third kappa shape index (κ3) is 46.0. The van der Waals surface area contributed by atoms with Crippen molar-refractivity contribution in [2.45, 2.75) is 232 Å². The fourth-order valence-corrected chi connectivity index (χ4v) is 6.66. The smallest absolute Gasteiger partial charge is 0.306 e. The van der Waals surface area contributed by atoms with Crippen LogP contribution in [0.25, 0.3) is 0 Å². The van der Waals surface area contributed by atoms with E-state index >= 15 is 0 Å². The Labute approximate surface area is 359 Å². The fraction of sp³-hybridized carbons (Fsp3) is 0.736. The maximum absolute atomic E-state index is 12.8. The standard InChI is InChI=1S/C53H92O5/c1-4-7-10-13-16-19-22-25-27-29-31-34-37-40-43-46-52(54)57-50-51(49-56-48-45-42-39-36-33-30-26-23-20-17-14-11-8-5-2)58-53(55)47-44-41-38-35-32-28-24-21-18-15-12-9-6-3/h7-8,10-11,16-17,19-20,25-27,30,51H,4-6,9,12-15,18,21-24,28-29,31-50H2,1-3H3/b10-7-,11-8-,19-16-,20-17-,27-25-,30-26-. The van der Waals surface area contributed by atoms with Crippen molar-refractivity contribution < 1.29 is 23.8 Å². The molecule has 0 rings (SSSR count). The summed E-state index contributed by atoms with van der Waals surface area (Å²) in [6.45, 7) is 7.55. The van der Waals surface area contributed by atoms with E-state index in [1.165, 1.54) is 96.3 Å². The summed E-state index contributed by atoms with van der Waals surface area (Å²) < 4.78 is 17.3. The molecule has 0 radical (unpaired) electrons. The molecule has 0 aromatic heterocycles. The Bertz CT molecular complexity index is 1050. The molecule has 0 saturated heterocycles. The lowest BCUT2D eigenvalue weighted by Crippen LogP contribution is -2.30. The summed E-state index contributed by atoms with van der Waals surface area (Å²) in [5.74, 6) is -0.427. The first-order chi connectivity index (χ1) is 28.6. The highest BCUT2D eigenvalue weighted by Crippen LogP contribution is 2.14. The van der Waals surface area contributed by atoms with Gasteiger partial charge in [-0.05, 0) is 83.5 Å². The van der Waals surface area contributed by atoms with E-state index in [4.69, 9.17) is 14.2 Å². The third-order valence-electron chi connectivity index (χ3n) is 10.2. The number of rotatable bonds is 44. The lowest BCUT2D eigenvalue weighted by atomic mass is 10.0. The van der Waals surface area contributed by atoms with Crippen LogP contribution in [0.2, 0.25) is 0 Å². The second kappa shape index (κ2) is 48.7. The van der Waals surface area contributed by atoms with Gasteiger partial charge in [-0.3, -0.25) is 9.59 Å². The van der Waals surface area contributed by atoms with Gasteiger partial charge in [-0.1, -0.05) is 203 Å². The zero-order chi connectivity index (χ0) is 42.1. The highest BCUT2D eigenvalue weighted by atomic mass is 16.6. The first-order valence-electron chi connectivity index (χ1n) is 24.5. The van der Waals surface area contributed by atoms with E-state index in [1.807, 2.05) is 0 Å². The minimum atomic E-state index is -0.554. The molecular weight excluding hydrogens is 717 g/mol. The fourth-order valence-electron chi connectivity index (χ4n) is 6.66. The third-order valence-corrected chi connectivity index (χ3v) is 10.2. The number of hydrogen-bond donors (Lipinski definition) is 0. The molecule has 0 amide bonds. The molecule has 0 saturated carbocycles. The summed E-state index contributed by atoms with van der Waals surface area (Å²) in [5.41, 5.74) is 0. The van der Waals surface area contributed by atoms with E-state index < -0.39 is 6.10 Å². The van der Waals surface area contributed by atoms with Gasteiger partial charge in [0.25, 0.3) is 0 Å². The van der Waals surface area contributed by atoms with Gasteiger partial charge in [-0.2, -0.15) is 0 Å². The van der Waals surface area contributed by atoms with Crippen LogP contribution in [-0.4, -0.2) is 37.9 Å². The Morgan fingerprint density at radius 2 is 0.776 bits per heavy atom. The lowest BCUT2D eigenvalue weighted by molar-refractivity contribution is -0.163. The van der Waals surface area contributed by atoms with Crippen molar-refractivity contribution in [2.75, 3.05) is 19.8 Å². The minimum Gasteiger partial charge on any atom is -0.462 e. The van der Waals surface area contributed by atoms with Crippen molar-refractivity contribution in [3.63, 3.8) is 0 Å². The van der Waals surface area contributed by atoms with E-state index in [1.54, 1.807) is 0 Å². The van der Waals surface area contributed by atoms with Crippen LogP contribution in [0.3, 0.4) is 0 Å². The maximum atomic E-state index is 12.8. The molecule has 58 heavy (non-hydrogen) atoms. The van der Waals surface area contributed by atoms with E-state index in [9.17, 15) is 9.59 Å². The summed E-state index contributed by atoms with van der Waals surface area (Å²) in [6, 6.07) is 0. The van der Waals surface area contributed by atoms with E-state index in [-0.39, 0.29) is 25.2 Å². The van der Waals surface area contributed by atoms with Gasteiger partial charge in [-0.15, -0.1) is 0 Å². The van der Waals surface area contributed by atoms with Crippen molar-refractivity contribution in [1.29, 1.82) is 0 Å². The second-order valence-electron chi connectivity index (χ2n) is 16.0. The van der Waals surface area contributed by atoms with Crippen molar-refractivity contribution in [3.05, 3.63) is 72.9 Å². The van der Waals surface area contributed by atoms with Crippen LogP contribution in [0.1, 0.15) is 226 Å². The van der Waals surface area contributed by atoms with Crippen molar-refractivity contribution in [3.8, 4) is 0 Å². The van der Waals surface area contributed by atoms with E-state index in [0.29, 0.717) is 19.4 Å². The first kappa shape index (κ1) is 55.3. The molecule has 0 heterocycles. The quantitative estimate of drug-likeness (QED) is 0.0348. The van der Waals surface area contributed by atoms with Crippen molar-refractivity contribution in [2.24, 2.45) is 0 Å². The summed E-state index contributed by atoms with van der Waals surface area (Å²) in [6.07, 6.45) is 61.9. The lowest BCUT2D eigenvalue weighted by Gasteiger charge is -2.18. The second-order valence-corrected chi connectivity index (χ2v) is 16.0. The molecule has 0 aliphatic rings. The van der Waals surface area contributed by atoms with Gasteiger partial charge in [0.1, 0.15) is 6.61 Å². The van der Waals surface area contributed by atoms with Gasteiger partial charge >= 0.3 is 11.9 Å². The summed E-state index contributed by atoms with van der Waals surface area (Å²) in [7, 11) is 0. The van der Waals surface area contributed by atoms with Crippen molar-refractivity contribution >= 4 is 11.9 Å². The Balaban J connectivity index is 4.32. The number of unbranched alkanes of at least 4 members (excludes halogenated alkanes) is 21. The van der Waals surface area contributed by atoms with Crippen LogP contribution in [0.4, 0.5) is 0 Å². The number of ether oxygens (including phenoxy) is 3. The van der Waals surface area contributed by atoms with E-state index in [0.717, 1.165) is 96.3 Å². The Morgan fingerprint density at radius 1 is 0.397 bits per heavy atom. The minimum absolute atomic E-state index is 0.0666. The average Bonchev–Trinajstić information content (AvgIpc) is 3.22. The Morgan fingerprint density at radius 3 is 1.24 bits per heavy atom. The molecule has 0 aromatic rings. The SMILES string of the molecule is CC/C=C\C/C=C\C/C=C\CCCCCCCC(=O)OCC(COCCCCCC/C=C\C/C=C\C/C=C\CC)OC(=O)CCCCCCCCCCCCCCC. The zero-order valence-electron chi connectivity index (χ0n) is 38.3. The Kier molecular flexibility index (Phi) is 46.5. The molecule has 5 nitrogen and oxygen atoms in total. The predicted octanol–water partition coefficient (Wildman–Crippen LogP) is 16.3. The summed E-state index contributed by atoms with van der Waals surface area (Å²) in [4.78, 5) is 25.3. The van der Waals surface area contributed by atoms with E-state index in [2.05, 4.69) is 93.7 Å². The molecule has 0 N–H and O–H groups in total. The van der Waals surface area contributed by atoms with Gasteiger partial charge in [-0.25, -0.2) is 0 Å². The van der Waals surface area contributed by atoms with Crippen molar-refractivity contribution in [1.82, 2.24) is 0 Å². The average molecular weight is 809 g/mol. The van der Waals surface area contributed by atoms with Crippen LogP contribution in [-0.2, 0) is 23.8 Å². The Hall–Kier alpha value is -2.66. The number of allylic oxidation sites excluding steroid dienone is 12. The molecule has 0 aliphatic heterocycles. The normalized spacial score (nSPS) is 12.8. The molecule has 0 fully saturated rings. The number of esters is 2. The number of carbonyl (C=O) groups excluding carboxylic acids is 2. The summed E-state index contributed by atoms with van der Waals surface area (Å²) in [5, 5.41) is 0. The number of carbonyl (C=O) groups is 2. The highest BCUT2D eigenvalue weighted by Gasteiger charge is 2.17. The van der Waals surface area contributed by atoms with Gasteiger partial charge in [0.15, 0.2) is 6.10 Å². The van der Waals surface area contributed by atoms with Gasteiger partial charge in [0, 0.05) is 19.4 Å². The number of hydrogen-bond acceptors (Lipinski definition) is 5. The topological polar surface area (TPSA) is 61.8 Å². The molecule has 0 spiro atoms. The maximum Gasteiger partial charge on any atom is 0.306 e. The van der Waals surface area contributed by atoms with Crippen LogP contribution in [0.5, 0.6) is 0 Å². The molecule has 0 aliphatic carbocycles. The molecule has 5 heteroatoms. The molecular formula is C53H92O5. The molecule has 0 aromatic carbocycles. The van der Waals surface area contributed by atoms with Crippen LogP contribution >= 0.6 is 0 Å². The van der Waals surface area contributed by atoms with Gasteiger partial charge in [0.2, 0.25) is 0 Å². The van der Waals surface area contributed by atoms with Gasteiger partial charge in [0.05, 0.1) is 6.61 Å². The van der Waals surface area contributed by atoms with Crippen LogP contribution < -0.4 is 0 Å². The van der Waals surface area contributed by atoms with Crippen LogP contribution in [0.15, 0.2) is 72.9 Å². The molecule has 0 bridgehead atoms. The molecule has 1 atom stereocenters. The summed E-state index contributed by atoms with van der Waals surface area (Å²) >= 11 is 0. The first-order valence-corrected chi connectivity index (χ1v) is 24.5. The monoisotopic (exact) mass is 809 g/mol. The predicted molar refractivity (Wildman–Crippen MR) is 251 cm³/mol. The van der Waals surface area contributed by atoms with Gasteiger partial charge < -0.3 is 14.2 Å². The molecule has 334 valence electrons. The largest absolute Gasteiger partial charge is 0.462 e. The highest BCUT2D eigenvalue weighted by molar-refractivity contribution is 5.70. The zero-order valence-corrected chi connectivity index (χ0v) is 38.3. The molecule has 1 unspecified atom stereocenters.